The second kappa shape index (κ2) is 11.2. The number of amides is 1. The molecule has 4 heterocycles. The van der Waals surface area contributed by atoms with Crippen LogP contribution in [-0.4, -0.2) is 55.5 Å². The Morgan fingerprint density at radius 2 is 1.84 bits per heavy atom. The Kier molecular flexibility index (Phi) is 7.59. The third-order valence-corrected chi connectivity index (χ3v) is 8.98. The molecule has 2 unspecified atom stereocenters. The summed E-state index contributed by atoms with van der Waals surface area (Å²) >= 11 is 7.01. The molecule has 1 aromatic carbocycles. The van der Waals surface area contributed by atoms with E-state index in [9.17, 15) is 9.59 Å². The topological polar surface area (TPSA) is 84.2 Å². The number of aryl methyl sites for hydroxylation is 1. The van der Waals surface area contributed by atoms with Crippen LogP contribution < -0.4 is 10.6 Å². The number of halogens is 1. The monoisotopic (exact) mass is 596 g/mol. The van der Waals surface area contributed by atoms with Gasteiger partial charge in [-0.25, -0.2) is 14.3 Å². The highest BCUT2D eigenvalue weighted by Crippen LogP contribution is 2.45. The first-order valence-corrected chi connectivity index (χ1v) is 15.4. The number of benzene rings is 1. The zero-order chi connectivity index (χ0) is 30.6. The first-order valence-electron chi connectivity index (χ1n) is 15.0. The number of piperazine rings is 1. The SMILES string of the molecule is C=CC(=O)N1CC(C)N(c2nc(=O)n(-c3c(C4CC4)ccnc3C(C)C)c3nc(-c4ccccc4C)c(Cl)cc23)CC1C. The van der Waals surface area contributed by atoms with E-state index in [0.717, 1.165) is 40.9 Å². The molecular formula is C34H37ClN6O2. The van der Waals surface area contributed by atoms with Gasteiger partial charge in [0.05, 0.1) is 27.5 Å². The molecule has 0 spiro atoms. The summed E-state index contributed by atoms with van der Waals surface area (Å²) in [5, 5.41) is 1.17. The van der Waals surface area contributed by atoms with Crippen LogP contribution in [0.15, 0.2) is 60.0 Å². The van der Waals surface area contributed by atoms with Gasteiger partial charge in [-0.3, -0.25) is 9.78 Å². The van der Waals surface area contributed by atoms with Gasteiger partial charge in [0.1, 0.15) is 5.82 Å². The number of fused-ring (bicyclic) bond motifs is 1. The van der Waals surface area contributed by atoms with Crippen molar-refractivity contribution in [3.63, 3.8) is 0 Å². The van der Waals surface area contributed by atoms with Gasteiger partial charge in [-0.15, -0.1) is 0 Å². The lowest BCUT2D eigenvalue weighted by atomic mass is 10.0. The van der Waals surface area contributed by atoms with Gasteiger partial charge >= 0.3 is 5.69 Å². The van der Waals surface area contributed by atoms with Crippen LogP contribution in [0.25, 0.3) is 28.0 Å². The molecule has 1 amide bonds. The van der Waals surface area contributed by atoms with Crippen LogP contribution in [0.3, 0.4) is 0 Å². The van der Waals surface area contributed by atoms with Gasteiger partial charge in [-0.05, 0) is 74.8 Å². The predicted octanol–water partition coefficient (Wildman–Crippen LogP) is 6.42. The van der Waals surface area contributed by atoms with Gasteiger partial charge in [0, 0.05) is 36.9 Å². The van der Waals surface area contributed by atoms with Crippen molar-refractivity contribution in [1.29, 1.82) is 0 Å². The maximum atomic E-state index is 14.3. The minimum atomic E-state index is -0.408. The second-order valence-corrected chi connectivity index (χ2v) is 12.6. The summed E-state index contributed by atoms with van der Waals surface area (Å²) in [4.78, 5) is 45.5. The standard InChI is InChI=1S/C34H37ClN6O2/c1-7-28(42)39-17-22(6)40(18-21(39)5)32-26-16-27(35)30(24-11-9-8-10-20(24)4)37-33(26)41(34(43)38-32)31-25(23-12-13-23)14-15-36-29(31)19(2)3/h7-11,14-16,19,21-23H,1,12-13,17-18H2,2-6H3. The number of hydrogen-bond acceptors (Lipinski definition) is 6. The fraction of sp³-hybridized carbons (Fsp3) is 0.382. The Balaban J connectivity index is 1.65. The molecule has 2 atom stereocenters. The summed E-state index contributed by atoms with van der Waals surface area (Å²) in [7, 11) is 0. The second-order valence-electron chi connectivity index (χ2n) is 12.2. The van der Waals surface area contributed by atoms with Crippen LogP contribution in [0.2, 0.25) is 5.02 Å². The maximum Gasteiger partial charge on any atom is 0.355 e. The van der Waals surface area contributed by atoms with E-state index in [1.165, 1.54) is 6.08 Å². The summed E-state index contributed by atoms with van der Waals surface area (Å²) in [5.74, 6) is 0.867. The van der Waals surface area contributed by atoms with Gasteiger partial charge in [0.15, 0.2) is 5.65 Å². The van der Waals surface area contributed by atoms with Crippen molar-refractivity contribution in [3.05, 3.63) is 87.6 Å². The van der Waals surface area contributed by atoms with Crippen LogP contribution in [0.1, 0.15) is 69.2 Å². The zero-order valence-corrected chi connectivity index (χ0v) is 26.1. The number of anilines is 1. The molecule has 0 N–H and O–H groups in total. The Morgan fingerprint density at radius 3 is 2.51 bits per heavy atom. The third-order valence-electron chi connectivity index (χ3n) is 8.69. The number of pyridine rings is 2. The number of carbonyl (C=O) groups is 1. The quantitative estimate of drug-likeness (QED) is 0.239. The van der Waals surface area contributed by atoms with E-state index in [1.54, 1.807) is 4.57 Å². The summed E-state index contributed by atoms with van der Waals surface area (Å²) in [6.07, 6.45) is 5.34. The van der Waals surface area contributed by atoms with E-state index in [0.29, 0.717) is 46.6 Å². The van der Waals surface area contributed by atoms with E-state index in [2.05, 4.69) is 25.3 Å². The molecule has 43 heavy (non-hydrogen) atoms. The van der Waals surface area contributed by atoms with E-state index in [-0.39, 0.29) is 23.9 Å². The zero-order valence-electron chi connectivity index (χ0n) is 25.3. The molecule has 2 fully saturated rings. The fourth-order valence-electron chi connectivity index (χ4n) is 6.28. The average Bonchev–Trinajstić information content (AvgIpc) is 3.83. The minimum Gasteiger partial charge on any atom is -0.349 e. The van der Waals surface area contributed by atoms with Crippen molar-refractivity contribution in [2.75, 3.05) is 18.0 Å². The molecule has 0 bridgehead atoms. The lowest BCUT2D eigenvalue weighted by Gasteiger charge is -2.44. The first kappa shape index (κ1) is 29.1. The van der Waals surface area contributed by atoms with Crippen LogP contribution in [-0.2, 0) is 4.79 Å². The molecule has 4 aromatic rings. The maximum absolute atomic E-state index is 14.3. The van der Waals surface area contributed by atoms with Crippen molar-refractivity contribution in [2.45, 2.75) is 71.4 Å². The van der Waals surface area contributed by atoms with Crippen molar-refractivity contribution in [3.8, 4) is 16.9 Å². The largest absolute Gasteiger partial charge is 0.355 e. The minimum absolute atomic E-state index is 0.0785. The Bertz CT molecular complexity index is 1790. The van der Waals surface area contributed by atoms with Gasteiger partial charge in [-0.2, -0.15) is 4.98 Å². The number of rotatable bonds is 6. The number of carbonyl (C=O) groups excluding carboxylic acids is 1. The molecule has 222 valence electrons. The Hall–Kier alpha value is -4.04. The molecular weight excluding hydrogens is 560 g/mol. The van der Waals surface area contributed by atoms with Crippen molar-refractivity contribution < 1.29 is 4.79 Å². The number of nitrogens with zero attached hydrogens (tertiary/aromatic N) is 6. The summed E-state index contributed by atoms with van der Waals surface area (Å²) in [6, 6.07) is 11.7. The van der Waals surface area contributed by atoms with Crippen LogP contribution in [0.4, 0.5) is 5.82 Å². The molecule has 8 nitrogen and oxygen atoms in total. The van der Waals surface area contributed by atoms with Crippen molar-refractivity contribution in [1.82, 2.24) is 24.4 Å². The highest BCUT2D eigenvalue weighted by Gasteiger charge is 2.35. The van der Waals surface area contributed by atoms with E-state index >= 15 is 0 Å². The Morgan fingerprint density at radius 1 is 1.09 bits per heavy atom. The average molecular weight is 597 g/mol. The van der Waals surface area contributed by atoms with E-state index in [1.807, 2.05) is 68.3 Å². The summed E-state index contributed by atoms with van der Waals surface area (Å²) < 4.78 is 1.67. The highest BCUT2D eigenvalue weighted by atomic mass is 35.5. The molecule has 9 heteroatoms. The fourth-order valence-corrected chi connectivity index (χ4v) is 6.53. The van der Waals surface area contributed by atoms with E-state index < -0.39 is 5.69 Å². The molecule has 3 aromatic heterocycles. The van der Waals surface area contributed by atoms with Gasteiger partial charge in [0.25, 0.3) is 0 Å². The smallest absolute Gasteiger partial charge is 0.349 e. The molecule has 1 aliphatic carbocycles. The van der Waals surface area contributed by atoms with Crippen molar-refractivity contribution >= 4 is 34.4 Å². The lowest BCUT2D eigenvalue weighted by Crippen LogP contribution is -2.58. The van der Waals surface area contributed by atoms with Gasteiger partial charge in [-0.1, -0.05) is 56.3 Å². The summed E-state index contributed by atoms with van der Waals surface area (Å²) in [6.45, 7) is 14.9. The van der Waals surface area contributed by atoms with Crippen LogP contribution in [0.5, 0.6) is 0 Å². The molecule has 1 saturated heterocycles. The van der Waals surface area contributed by atoms with Crippen LogP contribution >= 0.6 is 11.6 Å². The molecule has 0 radical (unpaired) electrons. The van der Waals surface area contributed by atoms with Crippen LogP contribution in [0, 0.1) is 6.92 Å². The first-order chi connectivity index (χ1) is 20.6. The summed E-state index contributed by atoms with van der Waals surface area (Å²) in [5.41, 5.74) is 5.37. The predicted molar refractivity (Wildman–Crippen MR) is 172 cm³/mol. The molecule has 6 rings (SSSR count). The Labute approximate surface area is 257 Å². The van der Waals surface area contributed by atoms with Gasteiger partial charge < -0.3 is 9.80 Å². The normalized spacial score (nSPS) is 18.9. The number of hydrogen-bond donors (Lipinski definition) is 0. The van der Waals surface area contributed by atoms with Crippen molar-refractivity contribution in [2.24, 2.45) is 0 Å². The third kappa shape index (κ3) is 5.12. The molecule has 1 aliphatic heterocycles. The highest BCUT2D eigenvalue weighted by molar-refractivity contribution is 6.34. The lowest BCUT2D eigenvalue weighted by molar-refractivity contribution is -0.128. The molecule has 1 saturated carbocycles. The molecule has 2 aliphatic rings. The van der Waals surface area contributed by atoms with E-state index in [4.69, 9.17) is 26.6 Å². The number of aromatic nitrogens is 4. The van der Waals surface area contributed by atoms with Gasteiger partial charge in [0.2, 0.25) is 5.91 Å².